The Morgan fingerprint density at radius 2 is 1.77 bits per heavy atom. The maximum Gasteiger partial charge on any atom is 0.326 e. The quantitative estimate of drug-likeness (QED) is 0.755. The zero-order valence-electron chi connectivity index (χ0n) is 15.7. The maximum absolute atomic E-state index is 12.4. The van der Waals surface area contributed by atoms with Gasteiger partial charge in [0.25, 0.3) is 0 Å². The van der Waals surface area contributed by atoms with Gasteiger partial charge >= 0.3 is 5.69 Å². The molecule has 5 nitrogen and oxygen atoms in total. The van der Waals surface area contributed by atoms with Crippen molar-refractivity contribution in [3.63, 3.8) is 0 Å². The Hall–Kier alpha value is -2.82. The number of aromatic amines is 1. The van der Waals surface area contributed by atoms with Gasteiger partial charge in [-0.25, -0.2) is 4.79 Å². The molecule has 0 aliphatic rings. The molecule has 5 heteroatoms. The second kappa shape index (κ2) is 6.83. The van der Waals surface area contributed by atoms with E-state index in [1.807, 2.05) is 43.3 Å². The molecule has 26 heavy (non-hydrogen) atoms. The second-order valence-corrected chi connectivity index (χ2v) is 7.69. The Morgan fingerprint density at radius 1 is 1.12 bits per heavy atom. The van der Waals surface area contributed by atoms with Crippen LogP contribution in [0.4, 0.5) is 0 Å². The summed E-state index contributed by atoms with van der Waals surface area (Å²) in [5.41, 5.74) is 3.58. The smallest absolute Gasteiger partial charge is 0.326 e. The lowest BCUT2D eigenvalue weighted by Crippen LogP contribution is -2.33. The van der Waals surface area contributed by atoms with E-state index >= 15 is 0 Å². The van der Waals surface area contributed by atoms with E-state index in [9.17, 15) is 9.59 Å². The van der Waals surface area contributed by atoms with Crippen molar-refractivity contribution < 1.29 is 4.79 Å². The summed E-state index contributed by atoms with van der Waals surface area (Å²) in [6.07, 6.45) is 0. The monoisotopic (exact) mass is 351 g/mol. The average molecular weight is 351 g/mol. The summed E-state index contributed by atoms with van der Waals surface area (Å²) >= 11 is 0. The number of benzene rings is 2. The van der Waals surface area contributed by atoms with Gasteiger partial charge in [-0.1, -0.05) is 57.2 Å². The number of imidazole rings is 1. The number of fused-ring (bicyclic) bond motifs is 1. The second-order valence-electron chi connectivity index (χ2n) is 7.69. The van der Waals surface area contributed by atoms with Crippen LogP contribution in [-0.4, -0.2) is 15.5 Å². The van der Waals surface area contributed by atoms with Crippen LogP contribution in [-0.2, 0) is 16.8 Å². The molecule has 2 N–H and O–H groups in total. The molecule has 0 aliphatic heterocycles. The summed E-state index contributed by atoms with van der Waals surface area (Å²) in [5.74, 6) is -0.191. The molecule has 1 amide bonds. The van der Waals surface area contributed by atoms with Gasteiger partial charge in [0.1, 0.15) is 6.54 Å². The molecule has 136 valence electrons. The minimum Gasteiger partial charge on any atom is -0.348 e. The van der Waals surface area contributed by atoms with Crippen molar-refractivity contribution in [1.29, 1.82) is 0 Å². The van der Waals surface area contributed by atoms with E-state index in [-0.39, 0.29) is 29.6 Å². The van der Waals surface area contributed by atoms with Crippen LogP contribution < -0.4 is 11.0 Å². The molecule has 1 aromatic heterocycles. The Labute approximate surface area is 153 Å². The third kappa shape index (κ3) is 3.72. The normalized spacial score (nSPS) is 12.9. The van der Waals surface area contributed by atoms with Crippen LogP contribution in [0.25, 0.3) is 11.0 Å². The van der Waals surface area contributed by atoms with Gasteiger partial charge in [0.15, 0.2) is 0 Å². The largest absolute Gasteiger partial charge is 0.348 e. The summed E-state index contributed by atoms with van der Waals surface area (Å²) in [6.45, 7) is 8.46. The first kappa shape index (κ1) is 18.0. The molecule has 3 aromatic rings. The number of carbonyl (C=O) groups excluding carboxylic acids is 1. The Balaban J connectivity index is 1.71. The molecule has 0 spiro atoms. The average Bonchev–Trinajstić information content (AvgIpc) is 2.90. The number of rotatable bonds is 4. The SMILES string of the molecule is CC(NC(=O)Cn1c(=O)[nH]c2ccccc21)c1ccc(C(C)(C)C)cc1. The van der Waals surface area contributed by atoms with E-state index in [2.05, 4.69) is 43.2 Å². The van der Waals surface area contributed by atoms with Gasteiger partial charge in [0.05, 0.1) is 17.1 Å². The van der Waals surface area contributed by atoms with E-state index in [1.165, 1.54) is 10.1 Å². The van der Waals surface area contributed by atoms with Gasteiger partial charge in [-0.15, -0.1) is 0 Å². The molecule has 1 heterocycles. The molecule has 0 bridgehead atoms. The Bertz CT molecular complexity index is 975. The van der Waals surface area contributed by atoms with Crippen molar-refractivity contribution in [2.45, 2.75) is 45.7 Å². The number of H-pyrrole nitrogens is 1. The molecule has 0 aliphatic carbocycles. The molecular formula is C21H25N3O2. The molecule has 1 atom stereocenters. The van der Waals surface area contributed by atoms with E-state index in [4.69, 9.17) is 0 Å². The van der Waals surface area contributed by atoms with E-state index in [0.29, 0.717) is 0 Å². The molecule has 0 fully saturated rings. The number of aromatic nitrogens is 2. The Morgan fingerprint density at radius 3 is 2.42 bits per heavy atom. The highest BCUT2D eigenvalue weighted by atomic mass is 16.2. The highest BCUT2D eigenvalue weighted by Gasteiger charge is 2.16. The van der Waals surface area contributed by atoms with E-state index in [0.717, 1.165) is 16.6 Å². The van der Waals surface area contributed by atoms with Crippen LogP contribution in [0.3, 0.4) is 0 Å². The third-order valence-corrected chi connectivity index (χ3v) is 4.64. The minimum atomic E-state index is -0.275. The molecule has 0 radical (unpaired) electrons. The van der Waals surface area contributed by atoms with Crippen LogP contribution in [0.15, 0.2) is 53.3 Å². The summed E-state index contributed by atoms with van der Waals surface area (Å²) < 4.78 is 1.46. The lowest BCUT2D eigenvalue weighted by atomic mass is 9.86. The predicted octanol–water partition coefficient (Wildman–Crippen LogP) is 3.50. The lowest BCUT2D eigenvalue weighted by Gasteiger charge is -2.20. The molecule has 0 saturated carbocycles. The summed E-state index contributed by atoms with van der Waals surface area (Å²) in [4.78, 5) is 27.3. The van der Waals surface area contributed by atoms with Crippen LogP contribution in [0.5, 0.6) is 0 Å². The summed E-state index contributed by atoms with van der Waals surface area (Å²) in [7, 11) is 0. The van der Waals surface area contributed by atoms with Crippen molar-refractivity contribution in [3.05, 3.63) is 70.1 Å². The summed E-state index contributed by atoms with van der Waals surface area (Å²) in [5, 5.41) is 2.97. The first-order valence-electron chi connectivity index (χ1n) is 8.83. The van der Waals surface area contributed by atoms with Crippen molar-refractivity contribution >= 4 is 16.9 Å². The third-order valence-electron chi connectivity index (χ3n) is 4.64. The maximum atomic E-state index is 12.4. The van der Waals surface area contributed by atoms with Crippen LogP contribution in [0.1, 0.15) is 44.9 Å². The molecule has 2 aromatic carbocycles. The zero-order chi connectivity index (χ0) is 18.9. The number of hydrogen-bond donors (Lipinski definition) is 2. The topological polar surface area (TPSA) is 66.9 Å². The molecule has 0 saturated heterocycles. The van der Waals surface area contributed by atoms with Crippen LogP contribution in [0.2, 0.25) is 0 Å². The Kier molecular flexibility index (Phi) is 4.72. The van der Waals surface area contributed by atoms with Gasteiger partial charge in [0.2, 0.25) is 5.91 Å². The van der Waals surface area contributed by atoms with E-state index < -0.39 is 0 Å². The predicted molar refractivity (Wildman–Crippen MR) is 104 cm³/mol. The first-order chi connectivity index (χ1) is 12.3. The number of hydrogen-bond acceptors (Lipinski definition) is 2. The number of nitrogens with one attached hydrogen (secondary N) is 2. The lowest BCUT2D eigenvalue weighted by molar-refractivity contribution is -0.122. The fourth-order valence-corrected chi connectivity index (χ4v) is 3.05. The minimum absolute atomic E-state index is 0.00669. The fraction of sp³-hybridized carbons (Fsp3) is 0.333. The van der Waals surface area contributed by atoms with Gasteiger partial charge in [-0.3, -0.25) is 9.36 Å². The van der Waals surface area contributed by atoms with Crippen molar-refractivity contribution in [1.82, 2.24) is 14.9 Å². The van der Waals surface area contributed by atoms with Crippen molar-refractivity contribution in [3.8, 4) is 0 Å². The number of para-hydroxylation sites is 2. The number of carbonyl (C=O) groups is 1. The van der Waals surface area contributed by atoms with Gasteiger partial charge in [0, 0.05) is 0 Å². The van der Waals surface area contributed by atoms with Crippen LogP contribution in [0, 0.1) is 0 Å². The highest BCUT2D eigenvalue weighted by molar-refractivity contribution is 5.80. The van der Waals surface area contributed by atoms with Crippen molar-refractivity contribution in [2.24, 2.45) is 0 Å². The molecular weight excluding hydrogens is 326 g/mol. The summed E-state index contributed by atoms with van der Waals surface area (Å²) in [6, 6.07) is 15.5. The standard InChI is InChI=1S/C21H25N3O2/c1-14(15-9-11-16(12-10-15)21(2,3)4)22-19(25)13-24-18-8-6-5-7-17(18)23-20(24)26/h5-12,14H,13H2,1-4H3,(H,22,25)(H,23,26). The number of nitrogens with zero attached hydrogens (tertiary/aromatic N) is 1. The molecule has 1 unspecified atom stereocenters. The van der Waals surface area contributed by atoms with E-state index in [1.54, 1.807) is 0 Å². The van der Waals surface area contributed by atoms with Crippen molar-refractivity contribution in [2.75, 3.05) is 0 Å². The zero-order valence-corrected chi connectivity index (χ0v) is 15.7. The fourth-order valence-electron chi connectivity index (χ4n) is 3.05. The highest BCUT2D eigenvalue weighted by Crippen LogP contribution is 2.23. The first-order valence-corrected chi connectivity index (χ1v) is 8.83. The van der Waals surface area contributed by atoms with Gasteiger partial charge in [-0.05, 0) is 35.6 Å². The number of amides is 1. The van der Waals surface area contributed by atoms with Gasteiger partial charge in [-0.2, -0.15) is 0 Å². The van der Waals surface area contributed by atoms with Crippen LogP contribution >= 0.6 is 0 Å². The molecule has 3 rings (SSSR count). The van der Waals surface area contributed by atoms with Gasteiger partial charge < -0.3 is 10.3 Å².